The fourth-order valence-corrected chi connectivity index (χ4v) is 2.54. The van der Waals surface area contributed by atoms with Gasteiger partial charge in [0.1, 0.15) is 0 Å². The molecule has 2 rings (SSSR count). The molecule has 4 nitrogen and oxygen atoms in total. The molecular formula is C9H10BrN3OS. The van der Waals surface area contributed by atoms with E-state index >= 15 is 0 Å². The van der Waals surface area contributed by atoms with Crippen LogP contribution in [-0.2, 0) is 4.79 Å². The molecule has 1 aliphatic rings. The van der Waals surface area contributed by atoms with Crippen LogP contribution in [0, 0.1) is 5.92 Å². The Kier molecular flexibility index (Phi) is 3.18. The number of nitrogens with two attached hydrogens (primary N) is 1. The Labute approximate surface area is 99.7 Å². The second-order valence-corrected chi connectivity index (χ2v) is 5.76. The number of carbonyl (C=O) groups excluding carboxylic acids is 1. The lowest BCUT2D eigenvalue weighted by Crippen LogP contribution is -2.23. The minimum absolute atomic E-state index is 0.00350. The van der Waals surface area contributed by atoms with E-state index in [1.54, 1.807) is 6.20 Å². The molecule has 1 aliphatic carbocycles. The molecule has 2 unspecified atom stereocenters. The summed E-state index contributed by atoms with van der Waals surface area (Å²) < 4.78 is 0.900. The number of amides is 1. The van der Waals surface area contributed by atoms with Gasteiger partial charge in [0.2, 0.25) is 5.91 Å². The third-order valence-corrected chi connectivity index (χ3v) is 3.55. The average Bonchev–Trinajstić information content (AvgIpc) is 2.75. The Balaban J connectivity index is 1.96. The van der Waals surface area contributed by atoms with Crippen LogP contribution in [-0.4, -0.2) is 16.9 Å². The summed E-state index contributed by atoms with van der Waals surface area (Å²) in [6, 6.07) is 0.00350. The van der Waals surface area contributed by atoms with E-state index in [-0.39, 0.29) is 17.9 Å². The van der Waals surface area contributed by atoms with Gasteiger partial charge in [-0.3, -0.25) is 4.79 Å². The van der Waals surface area contributed by atoms with Crippen molar-refractivity contribution in [1.82, 2.24) is 4.98 Å². The predicted molar refractivity (Wildman–Crippen MR) is 63.7 cm³/mol. The summed E-state index contributed by atoms with van der Waals surface area (Å²) in [4.78, 5) is 15.7. The minimum atomic E-state index is -0.123. The van der Waals surface area contributed by atoms with Crippen molar-refractivity contribution in [3.05, 3.63) is 22.1 Å². The van der Waals surface area contributed by atoms with Crippen LogP contribution in [0.3, 0.4) is 0 Å². The molecular weight excluding hydrogens is 278 g/mol. The van der Waals surface area contributed by atoms with Gasteiger partial charge in [-0.25, -0.2) is 4.98 Å². The van der Waals surface area contributed by atoms with Crippen molar-refractivity contribution < 1.29 is 4.79 Å². The number of nitrogens with one attached hydrogen (secondary N) is 1. The molecule has 6 heteroatoms. The van der Waals surface area contributed by atoms with Crippen molar-refractivity contribution in [2.45, 2.75) is 12.5 Å². The topological polar surface area (TPSA) is 68.0 Å². The zero-order valence-electron chi connectivity index (χ0n) is 7.81. The Morgan fingerprint density at radius 1 is 1.67 bits per heavy atom. The van der Waals surface area contributed by atoms with E-state index in [0.717, 1.165) is 3.79 Å². The molecule has 1 aromatic heterocycles. The highest BCUT2D eigenvalue weighted by Crippen LogP contribution is 2.25. The van der Waals surface area contributed by atoms with Crippen LogP contribution in [0.5, 0.6) is 0 Å². The monoisotopic (exact) mass is 287 g/mol. The average molecular weight is 288 g/mol. The van der Waals surface area contributed by atoms with E-state index in [4.69, 9.17) is 5.73 Å². The predicted octanol–water partition coefficient (Wildman–Crippen LogP) is 1.75. The highest BCUT2D eigenvalue weighted by atomic mass is 79.9. The molecule has 0 saturated carbocycles. The second kappa shape index (κ2) is 4.42. The Hall–Kier alpha value is -0.720. The fourth-order valence-electron chi connectivity index (χ4n) is 1.43. The number of hydrogen-bond acceptors (Lipinski definition) is 4. The number of rotatable bonds is 2. The number of anilines is 1. The molecule has 1 aromatic rings. The molecule has 0 aliphatic heterocycles. The van der Waals surface area contributed by atoms with Crippen LogP contribution in [0.2, 0.25) is 0 Å². The summed E-state index contributed by atoms with van der Waals surface area (Å²) in [6.45, 7) is 0. The number of hydrogen-bond donors (Lipinski definition) is 2. The molecule has 1 heterocycles. The van der Waals surface area contributed by atoms with Crippen LogP contribution in [0.25, 0.3) is 0 Å². The lowest BCUT2D eigenvalue weighted by Gasteiger charge is -2.07. The maximum Gasteiger partial charge on any atom is 0.233 e. The molecule has 2 atom stereocenters. The molecule has 15 heavy (non-hydrogen) atoms. The fraction of sp³-hybridized carbons (Fsp3) is 0.333. The molecule has 80 valence electrons. The first kappa shape index (κ1) is 10.8. The lowest BCUT2D eigenvalue weighted by molar-refractivity contribution is -0.118. The first-order valence-electron chi connectivity index (χ1n) is 4.51. The summed E-state index contributed by atoms with van der Waals surface area (Å²) in [5.74, 6) is -0.163. The van der Waals surface area contributed by atoms with Crippen molar-refractivity contribution >= 4 is 38.3 Å². The summed E-state index contributed by atoms with van der Waals surface area (Å²) in [5, 5.41) is 3.37. The van der Waals surface area contributed by atoms with Crippen molar-refractivity contribution in [3.8, 4) is 0 Å². The highest BCUT2D eigenvalue weighted by molar-refractivity contribution is 9.11. The maximum absolute atomic E-state index is 11.7. The van der Waals surface area contributed by atoms with E-state index in [1.165, 1.54) is 11.3 Å². The molecule has 0 fully saturated rings. The number of carbonyl (C=O) groups is 1. The zero-order chi connectivity index (χ0) is 10.8. The number of halogens is 1. The van der Waals surface area contributed by atoms with Crippen LogP contribution in [0.1, 0.15) is 6.42 Å². The van der Waals surface area contributed by atoms with Crippen LogP contribution in [0.4, 0.5) is 5.13 Å². The number of aromatic nitrogens is 1. The van der Waals surface area contributed by atoms with Crippen molar-refractivity contribution in [3.63, 3.8) is 0 Å². The Bertz CT molecular complexity index is 404. The summed E-state index contributed by atoms with van der Waals surface area (Å²) in [5.41, 5.74) is 5.67. The Morgan fingerprint density at radius 3 is 3.00 bits per heavy atom. The third kappa shape index (κ3) is 2.64. The van der Waals surface area contributed by atoms with Crippen LogP contribution >= 0.6 is 27.3 Å². The molecule has 3 N–H and O–H groups in total. The molecule has 0 spiro atoms. The summed E-state index contributed by atoms with van der Waals surface area (Å²) in [7, 11) is 0. The van der Waals surface area contributed by atoms with E-state index in [1.807, 2.05) is 12.2 Å². The quantitative estimate of drug-likeness (QED) is 0.815. The van der Waals surface area contributed by atoms with E-state index in [9.17, 15) is 4.79 Å². The zero-order valence-corrected chi connectivity index (χ0v) is 10.2. The van der Waals surface area contributed by atoms with Crippen molar-refractivity contribution in [1.29, 1.82) is 0 Å². The molecule has 0 saturated heterocycles. The first-order chi connectivity index (χ1) is 7.15. The highest BCUT2D eigenvalue weighted by Gasteiger charge is 2.23. The van der Waals surface area contributed by atoms with E-state index < -0.39 is 0 Å². The molecule has 0 radical (unpaired) electrons. The van der Waals surface area contributed by atoms with Gasteiger partial charge in [0.15, 0.2) is 5.13 Å². The normalized spacial score (nSPS) is 24.4. The minimum Gasteiger partial charge on any atom is -0.324 e. The van der Waals surface area contributed by atoms with Gasteiger partial charge in [-0.1, -0.05) is 23.5 Å². The summed E-state index contributed by atoms with van der Waals surface area (Å²) in [6.07, 6.45) is 6.06. The van der Waals surface area contributed by atoms with Gasteiger partial charge in [0.05, 0.1) is 15.9 Å². The first-order valence-corrected chi connectivity index (χ1v) is 6.12. The molecule has 0 aromatic carbocycles. The smallest absolute Gasteiger partial charge is 0.233 e. The number of nitrogens with zero attached hydrogens (tertiary/aromatic N) is 1. The van der Waals surface area contributed by atoms with Gasteiger partial charge in [-0.2, -0.15) is 0 Å². The van der Waals surface area contributed by atoms with Crippen molar-refractivity contribution in [2.75, 3.05) is 5.32 Å². The van der Waals surface area contributed by atoms with Crippen LogP contribution in [0.15, 0.2) is 22.1 Å². The van der Waals surface area contributed by atoms with Gasteiger partial charge < -0.3 is 11.1 Å². The number of thiazole rings is 1. The Morgan fingerprint density at radius 2 is 2.47 bits per heavy atom. The molecule has 1 amide bonds. The largest absolute Gasteiger partial charge is 0.324 e. The standard InChI is InChI=1S/C9H10BrN3OS/c10-7-4-12-9(15-7)13-8(14)5-1-2-6(11)3-5/h1-2,4-6H,3,11H2,(H,12,13,14). The van der Waals surface area contributed by atoms with Gasteiger partial charge in [0.25, 0.3) is 0 Å². The summed E-state index contributed by atoms with van der Waals surface area (Å²) >= 11 is 4.68. The second-order valence-electron chi connectivity index (χ2n) is 3.35. The maximum atomic E-state index is 11.7. The van der Waals surface area contributed by atoms with Gasteiger partial charge >= 0.3 is 0 Å². The van der Waals surface area contributed by atoms with Gasteiger partial charge in [0, 0.05) is 6.04 Å². The van der Waals surface area contributed by atoms with Crippen LogP contribution < -0.4 is 11.1 Å². The van der Waals surface area contributed by atoms with Gasteiger partial charge in [-0.05, 0) is 22.4 Å². The lowest BCUT2D eigenvalue weighted by atomic mass is 10.1. The van der Waals surface area contributed by atoms with E-state index in [2.05, 4.69) is 26.2 Å². The third-order valence-electron chi connectivity index (χ3n) is 2.16. The molecule has 0 bridgehead atoms. The van der Waals surface area contributed by atoms with Gasteiger partial charge in [-0.15, -0.1) is 0 Å². The SMILES string of the molecule is NC1C=CC(C(=O)Nc2ncc(Br)s2)C1. The van der Waals surface area contributed by atoms with Crippen molar-refractivity contribution in [2.24, 2.45) is 11.7 Å². The van der Waals surface area contributed by atoms with E-state index in [0.29, 0.717) is 11.6 Å².